The summed E-state index contributed by atoms with van der Waals surface area (Å²) in [6.07, 6.45) is 0.727. The molecule has 0 amide bonds. The van der Waals surface area contributed by atoms with Crippen molar-refractivity contribution in [3.63, 3.8) is 0 Å². The van der Waals surface area contributed by atoms with Crippen LogP contribution in [0, 0.1) is 0 Å². The van der Waals surface area contributed by atoms with Crippen molar-refractivity contribution in [3.05, 3.63) is 0 Å². The molecule has 1 atom stereocenters. The summed E-state index contributed by atoms with van der Waals surface area (Å²) < 4.78 is -1.40. The maximum atomic E-state index is 10.6. The lowest BCUT2D eigenvalue weighted by molar-refractivity contribution is -0.125. The predicted octanol–water partition coefficient (Wildman–Crippen LogP) is 0.0319. The molecule has 0 aliphatic carbocycles. The van der Waals surface area contributed by atoms with Crippen molar-refractivity contribution in [1.29, 1.82) is 0 Å². The van der Waals surface area contributed by atoms with Gasteiger partial charge in [-0.2, -0.15) is 12.6 Å². The van der Waals surface area contributed by atoms with E-state index in [2.05, 4.69) is 12.6 Å². The van der Waals surface area contributed by atoms with Gasteiger partial charge in [0.25, 0.3) is 0 Å². The number of Topliss-reactive ketones (excluding diaryl/α,β-unsaturated/α-hetero) is 1. The lowest BCUT2D eigenvalue weighted by Crippen LogP contribution is -2.32. The van der Waals surface area contributed by atoms with Crippen molar-refractivity contribution in [2.75, 3.05) is 0 Å². The van der Waals surface area contributed by atoms with Crippen LogP contribution in [0.4, 0.5) is 0 Å². The van der Waals surface area contributed by atoms with Crippen molar-refractivity contribution in [3.8, 4) is 0 Å². The van der Waals surface area contributed by atoms with Crippen molar-refractivity contribution in [2.24, 2.45) is 0 Å². The van der Waals surface area contributed by atoms with Crippen molar-refractivity contribution >= 4 is 31.0 Å². The van der Waals surface area contributed by atoms with Gasteiger partial charge in [0.15, 0.2) is 5.78 Å². The zero-order chi connectivity index (χ0) is 8.20. The predicted molar refractivity (Wildman–Crippen MR) is 39.1 cm³/mol. The van der Waals surface area contributed by atoms with Gasteiger partial charge in [0.05, 0.1) is 0 Å². The average Bonchev–Trinajstić information content (AvgIpc) is 1.88. The summed E-state index contributed by atoms with van der Waals surface area (Å²) in [5.41, 5.74) is 0. The molecule has 0 aromatic heterocycles. The molecular weight excluding hydrogens is 152 g/mol. The Balaban J connectivity index is 4.36. The standard InChI is InChI=1S/C6H8O3S/c1-5(9)6(10,4-8)2-3-7/h3-4,10H,2H2,1H3. The topological polar surface area (TPSA) is 51.2 Å². The lowest BCUT2D eigenvalue weighted by Gasteiger charge is -2.13. The number of hydrogen-bond acceptors (Lipinski definition) is 4. The van der Waals surface area contributed by atoms with Crippen LogP contribution < -0.4 is 0 Å². The normalized spacial score (nSPS) is 15.4. The first kappa shape index (κ1) is 9.36. The number of carbonyl (C=O) groups excluding carboxylic acids is 3. The van der Waals surface area contributed by atoms with Gasteiger partial charge in [-0.25, -0.2) is 0 Å². The summed E-state index contributed by atoms with van der Waals surface area (Å²) in [6, 6.07) is 0. The third kappa shape index (κ3) is 1.95. The first-order valence-corrected chi connectivity index (χ1v) is 3.15. The fraction of sp³-hybridized carbons (Fsp3) is 0.500. The maximum Gasteiger partial charge on any atom is 0.153 e. The van der Waals surface area contributed by atoms with Crippen LogP contribution in [0.15, 0.2) is 0 Å². The molecule has 0 heterocycles. The molecule has 1 unspecified atom stereocenters. The Labute approximate surface area is 64.2 Å². The van der Waals surface area contributed by atoms with E-state index in [1.54, 1.807) is 0 Å². The second-order valence-corrected chi connectivity index (χ2v) is 2.77. The van der Waals surface area contributed by atoms with E-state index in [0.29, 0.717) is 12.6 Å². The van der Waals surface area contributed by atoms with Gasteiger partial charge in [0, 0.05) is 6.42 Å². The van der Waals surface area contributed by atoms with Gasteiger partial charge < -0.3 is 9.59 Å². The van der Waals surface area contributed by atoms with Crippen molar-refractivity contribution < 1.29 is 14.4 Å². The van der Waals surface area contributed by atoms with Gasteiger partial charge in [0.2, 0.25) is 0 Å². The zero-order valence-corrected chi connectivity index (χ0v) is 6.43. The third-order valence-corrected chi connectivity index (χ3v) is 1.80. The lowest BCUT2D eigenvalue weighted by atomic mass is 10.0. The Hall–Kier alpha value is -0.640. The number of thiol groups is 1. The fourth-order valence-corrected chi connectivity index (χ4v) is 0.476. The number of hydrogen-bond donors (Lipinski definition) is 1. The van der Waals surface area contributed by atoms with Crippen LogP contribution in [-0.4, -0.2) is 23.1 Å². The Morgan fingerprint density at radius 3 is 2.20 bits per heavy atom. The molecule has 0 spiro atoms. The van der Waals surface area contributed by atoms with Gasteiger partial charge in [-0.1, -0.05) is 0 Å². The second kappa shape index (κ2) is 3.51. The molecule has 0 aromatic carbocycles. The SMILES string of the molecule is CC(=O)C(S)(C=O)CC=O. The molecule has 0 aromatic rings. The molecule has 0 aliphatic rings. The van der Waals surface area contributed by atoms with E-state index in [9.17, 15) is 14.4 Å². The monoisotopic (exact) mass is 160 g/mol. The maximum absolute atomic E-state index is 10.6. The Bertz CT molecular complexity index is 166. The number of carbonyl (C=O) groups is 3. The Kier molecular flexibility index (Phi) is 3.28. The minimum atomic E-state index is -1.40. The summed E-state index contributed by atoms with van der Waals surface area (Å²) in [7, 11) is 0. The van der Waals surface area contributed by atoms with E-state index in [-0.39, 0.29) is 6.42 Å². The Morgan fingerprint density at radius 2 is 2.10 bits per heavy atom. The van der Waals surface area contributed by atoms with E-state index in [0.717, 1.165) is 0 Å². The van der Waals surface area contributed by atoms with E-state index < -0.39 is 10.5 Å². The van der Waals surface area contributed by atoms with Crippen LogP contribution in [0.2, 0.25) is 0 Å². The minimum Gasteiger partial charge on any atom is -0.303 e. The molecule has 0 rings (SSSR count). The van der Waals surface area contributed by atoms with E-state index in [1.807, 2.05) is 0 Å². The number of aldehydes is 2. The molecule has 0 radical (unpaired) electrons. The average molecular weight is 160 g/mol. The minimum absolute atomic E-state index is 0.158. The third-order valence-electron chi connectivity index (χ3n) is 1.20. The van der Waals surface area contributed by atoms with Crippen molar-refractivity contribution in [1.82, 2.24) is 0 Å². The molecule has 0 aliphatic heterocycles. The van der Waals surface area contributed by atoms with Crippen LogP contribution in [0.1, 0.15) is 13.3 Å². The second-order valence-electron chi connectivity index (χ2n) is 1.97. The smallest absolute Gasteiger partial charge is 0.153 e. The molecule has 10 heavy (non-hydrogen) atoms. The summed E-state index contributed by atoms with van der Waals surface area (Å²) >= 11 is 3.74. The molecule has 4 heteroatoms. The van der Waals surface area contributed by atoms with Crippen LogP contribution in [-0.2, 0) is 14.4 Å². The summed E-state index contributed by atoms with van der Waals surface area (Å²) in [5.74, 6) is -0.405. The molecule has 0 fully saturated rings. The van der Waals surface area contributed by atoms with E-state index in [4.69, 9.17) is 0 Å². The van der Waals surface area contributed by atoms with Gasteiger partial charge in [-0.05, 0) is 6.92 Å². The molecule has 56 valence electrons. The molecule has 0 bridgehead atoms. The highest BCUT2D eigenvalue weighted by Gasteiger charge is 2.29. The summed E-state index contributed by atoms with van der Waals surface area (Å²) in [6.45, 7) is 1.23. The Morgan fingerprint density at radius 1 is 1.60 bits per heavy atom. The summed E-state index contributed by atoms with van der Waals surface area (Å²) in [4.78, 5) is 30.7. The molecule has 0 saturated carbocycles. The molecular formula is C6H8O3S. The molecule has 0 N–H and O–H groups in total. The highest BCUT2D eigenvalue weighted by Crippen LogP contribution is 2.15. The van der Waals surface area contributed by atoms with E-state index in [1.165, 1.54) is 6.92 Å². The van der Waals surface area contributed by atoms with Crippen molar-refractivity contribution in [2.45, 2.75) is 18.1 Å². The molecule has 3 nitrogen and oxygen atoms in total. The van der Waals surface area contributed by atoms with Gasteiger partial charge >= 0.3 is 0 Å². The van der Waals surface area contributed by atoms with Crippen LogP contribution >= 0.6 is 12.6 Å². The first-order valence-electron chi connectivity index (χ1n) is 2.70. The van der Waals surface area contributed by atoms with Crippen LogP contribution in [0.25, 0.3) is 0 Å². The number of rotatable bonds is 4. The molecule has 0 saturated heterocycles. The highest BCUT2D eigenvalue weighted by molar-refractivity contribution is 7.83. The summed E-state index contributed by atoms with van der Waals surface area (Å²) in [5, 5.41) is 0. The van der Waals surface area contributed by atoms with Crippen LogP contribution in [0.5, 0.6) is 0 Å². The highest BCUT2D eigenvalue weighted by atomic mass is 32.1. The fourth-order valence-electron chi connectivity index (χ4n) is 0.402. The van der Waals surface area contributed by atoms with Gasteiger partial charge in [-0.15, -0.1) is 0 Å². The number of ketones is 1. The quantitative estimate of drug-likeness (QED) is 0.358. The largest absolute Gasteiger partial charge is 0.303 e. The first-order chi connectivity index (χ1) is 4.56. The van der Waals surface area contributed by atoms with Crippen LogP contribution in [0.3, 0.4) is 0 Å². The zero-order valence-electron chi connectivity index (χ0n) is 5.53. The van der Waals surface area contributed by atoms with Gasteiger partial charge in [-0.3, -0.25) is 4.79 Å². The van der Waals surface area contributed by atoms with E-state index >= 15 is 0 Å². The van der Waals surface area contributed by atoms with Gasteiger partial charge in [0.1, 0.15) is 17.3 Å².